The van der Waals surface area contributed by atoms with Crippen LogP contribution in [0.25, 0.3) is 0 Å². The monoisotopic (exact) mass is 270 g/mol. The van der Waals surface area contributed by atoms with Gasteiger partial charge in [0.2, 0.25) is 0 Å². The minimum absolute atomic E-state index is 0.0296. The Hall–Kier alpha value is -0.120. The quantitative estimate of drug-likeness (QED) is 0.523. The number of nitrogens with two attached hydrogens (primary N) is 1. The van der Waals surface area contributed by atoms with E-state index in [1.54, 1.807) is 0 Å². The summed E-state index contributed by atoms with van der Waals surface area (Å²) in [5.74, 6) is 7.37. The van der Waals surface area contributed by atoms with Crippen molar-refractivity contribution in [3.8, 4) is 0 Å². The molecular formula is C16H34N2O. The zero-order chi connectivity index (χ0) is 14.3. The lowest BCUT2D eigenvalue weighted by Crippen LogP contribution is -2.56. The van der Waals surface area contributed by atoms with Crippen LogP contribution in [0.2, 0.25) is 0 Å². The second-order valence-corrected chi connectivity index (χ2v) is 6.74. The number of nitrogens with one attached hydrogen (secondary N) is 1. The summed E-state index contributed by atoms with van der Waals surface area (Å²) >= 11 is 0. The van der Waals surface area contributed by atoms with Crippen LogP contribution in [0.5, 0.6) is 0 Å². The zero-order valence-electron chi connectivity index (χ0n) is 13.4. The molecule has 1 aliphatic carbocycles. The Morgan fingerprint density at radius 3 is 2.63 bits per heavy atom. The molecule has 3 heteroatoms. The van der Waals surface area contributed by atoms with Crippen LogP contribution in [0.1, 0.15) is 72.6 Å². The molecule has 0 saturated heterocycles. The second kappa shape index (κ2) is 8.23. The maximum atomic E-state index is 6.21. The van der Waals surface area contributed by atoms with Gasteiger partial charge in [-0.1, -0.05) is 46.5 Å². The van der Waals surface area contributed by atoms with Crippen molar-refractivity contribution in [2.75, 3.05) is 6.61 Å². The van der Waals surface area contributed by atoms with Crippen molar-refractivity contribution in [3.05, 3.63) is 0 Å². The summed E-state index contributed by atoms with van der Waals surface area (Å²) in [4.78, 5) is 0. The molecule has 0 amide bonds. The first-order chi connectivity index (χ1) is 9.04. The Balaban J connectivity index is 2.64. The summed E-state index contributed by atoms with van der Waals surface area (Å²) in [5.41, 5.74) is 3.04. The Labute approximate surface area is 119 Å². The Morgan fingerprint density at radius 2 is 2.11 bits per heavy atom. The minimum atomic E-state index is -0.0296. The van der Waals surface area contributed by atoms with Gasteiger partial charge in [0.15, 0.2) is 0 Å². The molecule has 0 heterocycles. The Kier molecular flexibility index (Phi) is 7.33. The zero-order valence-corrected chi connectivity index (χ0v) is 13.4. The molecule has 19 heavy (non-hydrogen) atoms. The van der Waals surface area contributed by atoms with Crippen molar-refractivity contribution in [3.63, 3.8) is 0 Å². The van der Waals surface area contributed by atoms with E-state index in [1.165, 1.54) is 25.7 Å². The smallest absolute Gasteiger partial charge is 0.0850 e. The molecule has 0 aromatic heterocycles. The van der Waals surface area contributed by atoms with Crippen molar-refractivity contribution < 1.29 is 4.74 Å². The van der Waals surface area contributed by atoms with Gasteiger partial charge in [-0.05, 0) is 38.0 Å². The van der Waals surface area contributed by atoms with Crippen LogP contribution in [0.3, 0.4) is 0 Å². The molecule has 1 fully saturated rings. The Morgan fingerprint density at radius 1 is 1.37 bits per heavy atom. The lowest BCUT2D eigenvalue weighted by atomic mass is 9.73. The third kappa shape index (κ3) is 5.05. The van der Waals surface area contributed by atoms with Gasteiger partial charge < -0.3 is 4.74 Å². The SMILES string of the molecule is CCOC1(C(CCCC(C)C)NN)CCCC(C)C1. The molecule has 0 bridgehead atoms. The second-order valence-electron chi connectivity index (χ2n) is 6.74. The third-order valence-corrected chi connectivity index (χ3v) is 4.53. The molecule has 3 atom stereocenters. The molecule has 0 spiro atoms. The summed E-state index contributed by atoms with van der Waals surface area (Å²) in [6.45, 7) is 9.80. The van der Waals surface area contributed by atoms with E-state index >= 15 is 0 Å². The van der Waals surface area contributed by atoms with E-state index in [9.17, 15) is 0 Å². The Bertz CT molecular complexity index is 241. The lowest BCUT2D eigenvalue weighted by Gasteiger charge is -2.45. The summed E-state index contributed by atoms with van der Waals surface area (Å²) in [5, 5.41) is 0. The number of hydrogen-bond donors (Lipinski definition) is 2. The normalized spacial score (nSPS) is 29.7. The van der Waals surface area contributed by atoms with Crippen molar-refractivity contribution in [2.24, 2.45) is 17.7 Å². The average molecular weight is 270 g/mol. The first-order valence-corrected chi connectivity index (χ1v) is 8.14. The number of ether oxygens (including phenoxy) is 1. The maximum absolute atomic E-state index is 6.21. The van der Waals surface area contributed by atoms with E-state index in [0.717, 1.165) is 37.7 Å². The predicted octanol–water partition coefficient (Wildman–Crippen LogP) is 3.63. The number of hydrogen-bond acceptors (Lipinski definition) is 3. The van der Waals surface area contributed by atoms with Crippen LogP contribution in [-0.2, 0) is 4.74 Å². The molecule has 0 aromatic carbocycles. The molecule has 0 aliphatic heterocycles. The van der Waals surface area contributed by atoms with Gasteiger partial charge in [0, 0.05) is 6.61 Å². The fourth-order valence-electron chi connectivity index (χ4n) is 3.61. The van der Waals surface area contributed by atoms with Crippen LogP contribution in [-0.4, -0.2) is 18.2 Å². The minimum Gasteiger partial charge on any atom is -0.374 e. The summed E-state index contributed by atoms with van der Waals surface area (Å²) in [6.07, 6.45) is 8.54. The molecule has 3 unspecified atom stereocenters. The molecule has 3 N–H and O–H groups in total. The average Bonchev–Trinajstić information content (AvgIpc) is 2.34. The summed E-state index contributed by atoms with van der Waals surface area (Å²) in [6, 6.07) is 0.300. The van der Waals surface area contributed by atoms with E-state index in [0.29, 0.717) is 6.04 Å². The van der Waals surface area contributed by atoms with E-state index in [4.69, 9.17) is 10.6 Å². The van der Waals surface area contributed by atoms with Gasteiger partial charge in [-0.25, -0.2) is 0 Å². The van der Waals surface area contributed by atoms with Crippen LogP contribution >= 0.6 is 0 Å². The van der Waals surface area contributed by atoms with Gasteiger partial charge in [0.1, 0.15) is 0 Å². The van der Waals surface area contributed by atoms with E-state index in [-0.39, 0.29) is 5.60 Å². The molecule has 114 valence electrons. The van der Waals surface area contributed by atoms with Gasteiger partial charge in [-0.3, -0.25) is 11.3 Å². The van der Waals surface area contributed by atoms with E-state index in [1.807, 2.05) is 0 Å². The topological polar surface area (TPSA) is 47.3 Å². The van der Waals surface area contributed by atoms with Crippen molar-refractivity contribution in [1.82, 2.24) is 5.43 Å². The maximum Gasteiger partial charge on any atom is 0.0850 e. The first kappa shape index (κ1) is 16.9. The lowest BCUT2D eigenvalue weighted by molar-refractivity contribution is -0.102. The van der Waals surface area contributed by atoms with Gasteiger partial charge in [-0.2, -0.15) is 0 Å². The molecule has 1 rings (SSSR count). The highest BCUT2D eigenvalue weighted by atomic mass is 16.5. The summed E-state index contributed by atoms with van der Waals surface area (Å²) in [7, 11) is 0. The highest BCUT2D eigenvalue weighted by molar-refractivity contribution is 4.96. The van der Waals surface area contributed by atoms with Crippen LogP contribution in [0.15, 0.2) is 0 Å². The highest BCUT2D eigenvalue weighted by Crippen LogP contribution is 2.39. The molecule has 3 nitrogen and oxygen atoms in total. The fraction of sp³-hybridized carbons (Fsp3) is 1.00. The molecule has 0 radical (unpaired) electrons. The summed E-state index contributed by atoms with van der Waals surface area (Å²) < 4.78 is 6.21. The molecular weight excluding hydrogens is 236 g/mol. The predicted molar refractivity (Wildman–Crippen MR) is 81.8 cm³/mol. The third-order valence-electron chi connectivity index (χ3n) is 4.53. The number of hydrazine groups is 1. The van der Waals surface area contributed by atoms with Crippen LogP contribution < -0.4 is 11.3 Å². The standard InChI is InChI=1S/C16H34N2O/c1-5-19-16(11-7-9-14(4)12-16)15(18-17)10-6-8-13(2)3/h13-15,18H,5-12,17H2,1-4H3. The van der Waals surface area contributed by atoms with Crippen molar-refractivity contribution in [1.29, 1.82) is 0 Å². The first-order valence-electron chi connectivity index (χ1n) is 8.14. The molecule has 1 aliphatic rings. The van der Waals surface area contributed by atoms with Gasteiger partial charge in [0.25, 0.3) is 0 Å². The fourth-order valence-corrected chi connectivity index (χ4v) is 3.61. The van der Waals surface area contributed by atoms with Crippen molar-refractivity contribution >= 4 is 0 Å². The number of rotatable bonds is 8. The van der Waals surface area contributed by atoms with Crippen molar-refractivity contribution in [2.45, 2.75) is 84.3 Å². The van der Waals surface area contributed by atoms with Gasteiger partial charge >= 0.3 is 0 Å². The largest absolute Gasteiger partial charge is 0.374 e. The van der Waals surface area contributed by atoms with Crippen LogP contribution in [0, 0.1) is 11.8 Å². The van der Waals surface area contributed by atoms with Gasteiger partial charge in [0.05, 0.1) is 11.6 Å². The van der Waals surface area contributed by atoms with E-state index < -0.39 is 0 Å². The van der Waals surface area contributed by atoms with Crippen LogP contribution in [0.4, 0.5) is 0 Å². The highest BCUT2D eigenvalue weighted by Gasteiger charge is 2.41. The molecule has 0 aromatic rings. The van der Waals surface area contributed by atoms with Gasteiger partial charge in [-0.15, -0.1) is 0 Å². The molecule has 1 saturated carbocycles. The van der Waals surface area contributed by atoms with E-state index in [2.05, 4.69) is 33.1 Å².